The molecule has 0 bridgehead atoms. The summed E-state index contributed by atoms with van der Waals surface area (Å²) in [6, 6.07) is 0. The van der Waals surface area contributed by atoms with Crippen LogP contribution in [0.5, 0.6) is 0 Å². The molecule has 1 aliphatic heterocycles. The highest BCUT2D eigenvalue weighted by Crippen LogP contribution is 2.34. The van der Waals surface area contributed by atoms with Gasteiger partial charge in [-0.3, -0.25) is 0 Å². The van der Waals surface area contributed by atoms with Crippen molar-refractivity contribution < 1.29 is 4.74 Å². The van der Waals surface area contributed by atoms with Crippen molar-refractivity contribution in [3.63, 3.8) is 0 Å². The van der Waals surface area contributed by atoms with Crippen molar-refractivity contribution in [2.75, 3.05) is 33.8 Å². The first kappa shape index (κ1) is 11.1. The number of nitrogens with zero attached hydrogens (tertiary/aromatic N) is 2. The summed E-state index contributed by atoms with van der Waals surface area (Å²) in [5.41, 5.74) is 1.25. The third kappa shape index (κ3) is 2.27. The van der Waals surface area contributed by atoms with E-state index in [4.69, 9.17) is 11.3 Å². The smallest absolute Gasteiger partial charge is 0.225 e. The molecule has 1 rings (SSSR count). The zero-order valence-electron chi connectivity index (χ0n) is 9.21. The summed E-state index contributed by atoms with van der Waals surface area (Å²) in [5.74, 6) is 0. The monoisotopic (exact) mass is 194 g/mol. The quantitative estimate of drug-likeness (QED) is 0.492. The predicted molar refractivity (Wildman–Crippen MR) is 56.8 cm³/mol. The van der Waals surface area contributed by atoms with E-state index in [0.29, 0.717) is 6.54 Å². The van der Waals surface area contributed by atoms with Crippen molar-refractivity contribution in [3.05, 3.63) is 23.3 Å². The minimum absolute atomic E-state index is 0.0231. The summed E-state index contributed by atoms with van der Waals surface area (Å²) in [5, 5.41) is 0. The van der Waals surface area contributed by atoms with E-state index in [1.807, 2.05) is 6.26 Å². The summed E-state index contributed by atoms with van der Waals surface area (Å²) in [6.07, 6.45) is 2.83. The first-order chi connectivity index (χ1) is 6.62. The second-order valence-corrected chi connectivity index (χ2v) is 4.24. The number of methoxy groups -OCH3 is 1. The maximum atomic E-state index is 6.99. The molecule has 3 nitrogen and oxygen atoms in total. The fraction of sp³-hybridized carbons (Fsp3) is 0.727. The number of likely N-dealkylation sites (tertiary alicyclic amines) is 1. The van der Waals surface area contributed by atoms with Crippen molar-refractivity contribution in [1.29, 1.82) is 0 Å². The average Bonchev–Trinajstić information content (AvgIpc) is 2.10. The summed E-state index contributed by atoms with van der Waals surface area (Å²) in [4.78, 5) is 5.80. The molecule has 0 aromatic carbocycles. The average molecular weight is 194 g/mol. The molecule has 1 unspecified atom stereocenters. The topological polar surface area (TPSA) is 16.8 Å². The van der Waals surface area contributed by atoms with Gasteiger partial charge in [0.2, 0.25) is 6.54 Å². The van der Waals surface area contributed by atoms with Gasteiger partial charge in [-0.1, -0.05) is 0 Å². The van der Waals surface area contributed by atoms with Crippen LogP contribution in [0.25, 0.3) is 4.85 Å². The van der Waals surface area contributed by atoms with E-state index in [0.717, 1.165) is 19.5 Å². The molecule has 78 valence electrons. The SMILES string of the molecule is [C-]#[N+]CC1(C)CN(C)CC/C1=C\OC. The van der Waals surface area contributed by atoms with Crippen LogP contribution >= 0.6 is 0 Å². The number of hydrogen-bond acceptors (Lipinski definition) is 2. The molecule has 0 N–H and O–H groups in total. The third-order valence-electron chi connectivity index (χ3n) is 2.85. The number of ether oxygens (including phenoxy) is 1. The lowest BCUT2D eigenvalue weighted by molar-refractivity contribution is 0.187. The van der Waals surface area contributed by atoms with Crippen LogP contribution < -0.4 is 0 Å². The van der Waals surface area contributed by atoms with Crippen LogP contribution in [0.4, 0.5) is 0 Å². The lowest BCUT2D eigenvalue weighted by Gasteiger charge is -2.37. The Labute approximate surface area is 86.2 Å². The highest BCUT2D eigenvalue weighted by molar-refractivity contribution is 5.17. The summed E-state index contributed by atoms with van der Waals surface area (Å²) in [6.45, 7) is 11.7. The highest BCUT2D eigenvalue weighted by Gasteiger charge is 2.37. The number of rotatable bonds is 2. The molecule has 0 aromatic rings. The van der Waals surface area contributed by atoms with Crippen LogP contribution in [0.15, 0.2) is 11.8 Å². The van der Waals surface area contributed by atoms with Crippen LogP contribution in [-0.2, 0) is 4.74 Å². The predicted octanol–water partition coefficient (Wildman–Crippen LogP) is 1.78. The van der Waals surface area contributed by atoms with Crippen LogP contribution in [0.2, 0.25) is 0 Å². The Morgan fingerprint density at radius 3 is 3.00 bits per heavy atom. The van der Waals surface area contributed by atoms with Crippen molar-refractivity contribution in [1.82, 2.24) is 4.90 Å². The van der Waals surface area contributed by atoms with E-state index in [9.17, 15) is 0 Å². The first-order valence-electron chi connectivity index (χ1n) is 4.86. The normalized spacial score (nSPS) is 31.4. The van der Waals surface area contributed by atoms with Crippen molar-refractivity contribution in [3.8, 4) is 0 Å². The molecule has 0 amide bonds. The van der Waals surface area contributed by atoms with Crippen molar-refractivity contribution in [2.45, 2.75) is 13.3 Å². The van der Waals surface area contributed by atoms with E-state index in [2.05, 4.69) is 23.7 Å². The van der Waals surface area contributed by atoms with Gasteiger partial charge in [0.15, 0.2) is 0 Å². The lowest BCUT2D eigenvalue weighted by Crippen LogP contribution is -2.42. The Balaban J connectivity index is 2.84. The van der Waals surface area contributed by atoms with Crippen molar-refractivity contribution in [2.24, 2.45) is 5.41 Å². The summed E-state index contributed by atoms with van der Waals surface area (Å²) in [7, 11) is 3.77. The summed E-state index contributed by atoms with van der Waals surface area (Å²) < 4.78 is 5.07. The van der Waals surface area contributed by atoms with Gasteiger partial charge < -0.3 is 14.5 Å². The van der Waals surface area contributed by atoms with Gasteiger partial charge in [-0.05, 0) is 26.0 Å². The maximum Gasteiger partial charge on any atom is 0.225 e. The van der Waals surface area contributed by atoms with E-state index in [1.165, 1.54) is 5.57 Å². The standard InChI is InChI=1S/C11H18N2O/c1-11(8-12-2)9-13(3)6-5-10(11)7-14-4/h7H,5-6,8-9H2,1,3-4H3/b10-7+. The lowest BCUT2D eigenvalue weighted by atomic mass is 9.78. The molecule has 0 radical (unpaired) electrons. The Morgan fingerprint density at radius 2 is 2.43 bits per heavy atom. The van der Waals surface area contributed by atoms with Gasteiger partial charge in [-0.25, -0.2) is 6.57 Å². The zero-order chi connectivity index (χ0) is 10.6. The molecule has 0 spiro atoms. The number of hydrogen-bond donors (Lipinski definition) is 0. The van der Waals surface area contributed by atoms with Gasteiger partial charge in [0.05, 0.1) is 18.8 Å². The molecule has 0 aliphatic carbocycles. The van der Waals surface area contributed by atoms with Gasteiger partial charge in [-0.2, -0.15) is 0 Å². The van der Waals surface area contributed by atoms with Crippen LogP contribution in [-0.4, -0.2) is 38.7 Å². The van der Waals surface area contributed by atoms with E-state index in [1.54, 1.807) is 7.11 Å². The molecule has 3 heteroatoms. The largest absolute Gasteiger partial charge is 0.504 e. The van der Waals surface area contributed by atoms with E-state index < -0.39 is 0 Å². The second-order valence-electron chi connectivity index (χ2n) is 4.24. The van der Waals surface area contributed by atoms with Gasteiger partial charge in [0, 0.05) is 13.1 Å². The maximum absolute atomic E-state index is 6.99. The molecular formula is C11H18N2O. The number of piperidine rings is 1. The van der Waals surface area contributed by atoms with Crippen LogP contribution in [0.3, 0.4) is 0 Å². The summed E-state index contributed by atoms with van der Waals surface area (Å²) >= 11 is 0. The first-order valence-corrected chi connectivity index (χ1v) is 4.86. The molecule has 1 aliphatic rings. The van der Waals surface area contributed by atoms with Crippen molar-refractivity contribution >= 4 is 0 Å². The zero-order valence-corrected chi connectivity index (χ0v) is 9.21. The molecule has 0 saturated carbocycles. The highest BCUT2D eigenvalue weighted by atomic mass is 16.5. The molecular weight excluding hydrogens is 176 g/mol. The van der Waals surface area contributed by atoms with Crippen LogP contribution in [0, 0.1) is 12.0 Å². The fourth-order valence-corrected chi connectivity index (χ4v) is 2.06. The minimum Gasteiger partial charge on any atom is -0.504 e. The minimum atomic E-state index is -0.0231. The Hall–Kier alpha value is -1.01. The van der Waals surface area contributed by atoms with Gasteiger partial charge in [0.25, 0.3) is 0 Å². The van der Waals surface area contributed by atoms with Gasteiger partial charge in [0.1, 0.15) is 0 Å². The van der Waals surface area contributed by atoms with Gasteiger partial charge >= 0.3 is 0 Å². The Bertz CT molecular complexity index is 267. The second kappa shape index (κ2) is 4.47. The Morgan fingerprint density at radius 1 is 1.71 bits per heavy atom. The van der Waals surface area contributed by atoms with E-state index in [-0.39, 0.29) is 5.41 Å². The molecule has 1 atom stereocenters. The molecule has 0 aromatic heterocycles. The van der Waals surface area contributed by atoms with Crippen LogP contribution in [0.1, 0.15) is 13.3 Å². The molecule has 1 fully saturated rings. The van der Waals surface area contributed by atoms with Gasteiger partial charge in [-0.15, -0.1) is 0 Å². The fourth-order valence-electron chi connectivity index (χ4n) is 2.06. The molecule has 14 heavy (non-hydrogen) atoms. The third-order valence-corrected chi connectivity index (χ3v) is 2.85. The molecule has 1 heterocycles. The van der Waals surface area contributed by atoms with E-state index >= 15 is 0 Å². The Kier molecular flexibility index (Phi) is 3.54. The molecule has 1 saturated heterocycles.